The molecular weight excluding hydrogens is 254 g/mol. The highest BCUT2D eigenvalue weighted by Crippen LogP contribution is 2.29. The molecule has 3 heterocycles. The van der Waals surface area contributed by atoms with E-state index in [1.54, 1.807) is 12.5 Å². The Morgan fingerprint density at radius 2 is 2.28 bits per heavy atom. The number of hydrogen-bond donors (Lipinski definition) is 0. The van der Waals surface area contributed by atoms with Crippen LogP contribution < -0.4 is 4.74 Å². The highest BCUT2D eigenvalue weighted by atomic mass is 32.2. The highest BCUT2D eigenvalue weighted by Gasteiger charge is 2.23. The van der Waals surface area contributed by atoms with Crippen LogP contribution in [0.25, 0.3) is 11.3 Å². The Balaban J connectivity index is 1.95. The van der Waals surface area contributed by atoms with Crippen LogP contribution in [0.1, 0.15) is 0 Å². The predicted molar refractivity (Wildman–Crippen MR) is 64.5 cm³/mol. The van der Waals surface area contributed by atoms with E-state index in [-0.39, 0.29) is 6.10 Å². The molecule has 1 saturated heterocycles. The van der Waals surface area contributed by atoms with Crippen LogP contribution in [0.2, 0.25) is 0 Å². The largest absolute Gasteiger partial charge is 0.469 e. The van der Waals surface area contributed by atoms with Crippen molar-refractivity contribution >= 4 is 11.8 Å². The van der Waals surface area contributed by atoms with Gasteiger partial charge in [-0.15, -0.1) is 0 Å². The summed E-state index contributed by atoms with van der Waals surface area (Å²) in [6, 6.07) is 0. The normalized spacial score (nSPS) is 15.4. The third-order valence-electron chi connectivity index (χ3n) is 2.51. The van der Waals surface area contributed by atoms with Gasteiger partial charge in [0.1, 0.15) is 18.1 Å². The Hall–Kier alpha value is -1.60. The van der Waals surface area contributed by atoms with Gasteiger partial charge in [0.25, 0.3) is 0 Å². The molecule has 0 aliphatic carbocycles. The van der Waals surface area contributed by atoms with Crippen LogP contribution in [-0.4, -0.2) is 40.5 Å². The van der Waals surface area contributed by atoms with E-state index >= 15 is 0 Å². The summed E-state index contributed by atoms with van der Waals surface area (Å²) in [4.78, 5) is 12.7. The molecule has 18 heavy (non-hydrogen) atoms. The molecule has 94 valence electrons. The fourth-order valence-corrected chi connectivity index (χ4v) is 1.83. The van der Waals surface area contributed by atoms with Crippen molar-refractivity contribution in [3.05, 3.63) is 18.9 Å². The summed E-state index contributed by atoms with van der Waals surface area (Å²) >= 11 is 1.46. The van der Waals surface area contributed by atoms with Crippen LogP contribution in [0.4, 0.5) is 0 Å². The van der Waals surface area contributed by atoms with Crippen molar-refractivity contribution in [2.75, 3.05) is 19.5 Å². The third kappa shape index (κ3) is 2.19. The summed E-state index contributed by atoms with van der Waals surface area (Å²) in [6.45, 7) is 1.19. The molecule has 0 spiro atoms. The van der Waals surface area contributed by atoms with E-state index in [1.807, 2.05) is 6.26 Å². The Labute approximate surface area is 108 Å². The van der Waals surface area contributed by atoms with Crippen LogP contribution in [0.3, 0.4) is 0 Å². The van der Waals surface area contributed by atoms with Crippen LogP contribution in [0.5, 0.6) is 5.88 Å². The van der Waals surface area contributed by atoms with Gasteiger partial charge in [0.2, 0.25) is 5.88 Å². The lowest BCUT2D eigenvalue weighted by Gasteiger charge is -2.26. The highest BCUT2D eigenvalue weighted by molar-refractivity contribution is 7.98. The molecule has 1 aliphatic rings. The number of nitrogens with zero attached hydrogens (tertiary/aromatic N) is 3. The van der Waals surface area contributed by atoms with Gasteiger partial charge < -0.3 is 13.9 Å². The van der Waals surface area contributed by atoms with Gasteiger partial charge in [0, 0.05) is 6.20 Å². The molecule has 0 bridgehead atoms. The van der Waals surface area contributed by atoms with Crippen LogP contribution in [0, 0.1) is 0 Å². The fraction of sp³-hybridized carbons (Fsp3) is 0.364. The molecule has 2 aromatic heterocycles. The van der Waals surface area contributed by atoms with Gasteiger partial charge in [-0.1, -0.05) is 11.8 Å². The maximum atomic E-state index is 5.78. The van der Waals surface area contributed by atoms with Gasteiger partial charge in [-0.3, -0.25) is 0 Å². The van der Waals surface area contributed by atoms with Gasteiger partial charge in [-0.2, -0.15) is 4.98 Å². The number of ether oxygens (including phenoxy) is 2. The molecule has 0 radical (unpaired) electrons. The number of aromatic nitrogens is 3. The van der Waals surface area contributed by atoms with Crippen molar-refractivity contribution in [3.63, 3.8) is 0 Å². The zero-order valence-corrected chi connectivity index (χ0v) is 10.5. The van der Waals surface area contributed by atoms with Crippen LogP contribution >= 0.6 is 11.8 Å². The fourth-order valence-electron chi connectivity index (χ4n) is 1.50. The summed E-state index contributed by atoms with van der Waals surface area (Å²) < 4.78 is 15.8. The first-order valence-corrected chi connectivity index (χ1v) is 6.63. The van der Waals surface area contributed by atoms with Crippen LogP contribution in [0.15, 0.2) is 28.4 Å². The topological polar surface area (TPSA) is 70.3 Å². The zero-order chi connectivity index (χ0) is 12.4. The SMILES string of the molecule is CSc1ncc(-c2cocn2)c(OC2COC2)n1. The lowest BCUT2D eigenvalue weighted by Crippen LogP contribution is -2.38. The van der Waals surface area contributed by atoms with Gasteiger partial charge in [-0.25, -0.2) is 9.97 Å². The second kappa shape index (κ2) is 4.95. The van der Waals surface area contributed by atoms with E-state index in [0.717, 1.165) is 5.56 Å². The van der Waals surface area contributed by atoms with Gasteiger partial charge in [-0.05, 0) is 6.26 Å². The van der Waals surface area contributed by atoms with E-state index in [0.29, 0.717) is 29.9 Å². The van der Waals surface area contributed by atoms with E-state index < -0.39 is 0 Å². The summed E-state index contributed by atoms with van der Waals surface area (Å²) in [6.07, 6.45) is 6.59. The Kier molecular flexibility index (Phi) is 3.16. The minimum Gasteiger partial charge on any atom is -0.469 e. The molecule has 2 aromatic rings. The van der Waals surface area contributed by atoms with E-state index in [2.05, 4.69) is 15.0 Å². The minimum atomic E-state index is 0.0558. The minimum absolute atomic E-state index is 0.0558. The smallest absolute Gasteiger partial charge is 0.227 e. The van der Waals surface area contributed by atoms with Crippen molar-refractivity contribution in [1.29, 1.82) is 0 Å². The number of hydrogen-bond acceptors (Lipinski definition) is 7. The third-order valence-corrected chi connectivity index (χ3v) is 3.07. The molecule has 0 unspecified atom stereocenters. The molecule has 6 nitrogen and oxygen atoms in total. The Morgan fingerprint density at radius 3 is 2.89 bits per heavy atom. The first kappa shape index (κ1) is 11.5. The van der Waals surface area contributed by atoms with E-state index in [1.165, 1.54) is 18.2 Å². The van der Waals surface area contributed by atoms with Crippen LogP contribution in [-0.2, 0) is 4.74 Å². The van der Waals surface area contributed by atoms with E-state index in [4.69, 9.17) is 13.9 Å². The zero-order valence-electron chi connectivity index (χ0n) is 9.70. The quantitative estimate of drug-likeness (QED) is 0.614. The van der Waals surface area contributed by atoms with Crippen molar-refractivity contribution in [2.24, 2.45) is 0 Å². The molecule has 0 atom stereocenters. The molecule has 0 amide bonds. The van der Waals surface area contributed by atoms with Crippen molar-refractivity contribution in [3.8, 4) is 17.1 Å². The number of thioether (sulfide) groups is 1. The Bertz CT molecular complexity index is 528. The average molecular weight is 265 g/mol. The molecular formula is C11H11N3O3S. The first-order valence-electron chi connectivity index (χ1n) is 5.41. The first-order chi connectivity index (χ1) is 8.86. The lowest BCUT2D eigenvalue weighted by molar-refractivity contribution is -0.0813. The maximum Gasteiger partial charge on any atom is 0.227 e. The summed E-state index contributed by atoms with van der Waals surface area (Å²) in [5.41, 5.74) is 1.39. The molecule has 0 N–H and O–H groups in total. The average Bonchev–Trinajstić information content (AvgIpc) is 2.87. The van der Waals surface area contributed by atoms with Crippen molar-refractivity contribution in [2.45, 2.75) is 11.3 Å². The Morgan fingerprint density at radius 1 is 1.39 bits per heavy atom. The molecule has 0 aromatic carbocycles. The van der Waals surface area contributed by atoms with Crippen molar-refractivity contribution in [1.82, 2.24) is 15.0 Å². The second-order valence-corrected chi connectivity index (χ2v) is 4.50. The molecule has 3 rings (SSSR count). The second-order valence-electron chi connectivity index (χ2n) is 3.73. The van der Waals surface area contributed by atoms with Gasteiger partial charge in [0.05, 0.1) is 18.8 Å². The maximum absolute atomic E-state index is 5.78. The number of rotatable bonds is 4. The summed E-state index contributed by atoms with van der Waals surface area (Å²) in [5.74, 6) is 0.525. The lowest BCUT2D eigenvalue weighted by atomic mass is 10.2. The van der Waals surface area contributed by atoms with Crippen molar-refractivity contribution < 1.29 is 13.9 Å². The number of oxazole rings is 1. The standard InChI is InChI=1S/C11H11N3O3S/c1-18-11-12-2-8(9-5-16-6-13-9)10(14-11)17-7-3-15-4-7/h2,5-7H,3-4H2,1H3. The predicted octanol–water partition coefficient (Wildman–Crippen LogP) is 1.63. The van der Waals surface area contributed by atoms with Gasteiger partial charge >= 0.3 is 0 Å². The molecule has 0 saturated carbocycles. The monoisotopic (exact) mass is 265 g/mol. The molecule has 1 fully saturated rings. The van der Waals surface area contributed by atoms with E-state index in [9.17, 15) is 0 Å². The molecule has 1 aliphatic heterocycles. The summed E-state index contributed by atoms with van der Waals surface area (Å²) in [5, 5.41) is 0.664. The summed E-state index contributed by atoms with van der Waals surface area (Å²) in [7, 11) is 0. The van der Waals surface area contributed by atoms with Gasteiger partial charge in [0.15, 0.2) is 11.6 Å². The molecule has 7 heteroatoms.